The topological polar surface area (TPSA) is 175 Å². The Morgan fingerprint density at radius 3 is 1.25 bits per heavy atom. The molecule has 3 N–H and O–H groups in total. The Balaban J connectivity index is 2.71. The standard InChI is InChI=1S/C65H104O12/c1-4-7-10-13-16-19-22-25-27-29-31-34-36-39-42-45-48-51-57(66)73-54-56(75-58(67)52-49-46-43-40-37-33-24-21-18-15-12-9-6-3)55-74-65-63(61(70)60(69)62(77-65)64(71)72)76-59(68)53-50-47-44-41-38-35-32-30-28-26-23-20-17-14-11-8-5-2/h7-8,10-12,15-17,19-21,24-28,31,34,56,60-63,65,69-70H,4-6,9,13-14,18,22-23,29-30,32-33,35-55H2,1-3H3,(H,71,72)/b10-7-,11-8-,15-12-,19-16-,20-17-,24-21-,27-25-,28-26-,34-31-. The van der Waals surface area contributed by atoms with Crippen molar-refractivity contribution < 1.29 is 58.2 Å². The summed E-state index contributed by atoms with van der Waals surface area (Å²) in [4.78, 5) is 51.2. The van der Waals surface area contributed by atoms with Gasteiger partial charge in [0.1, 0.15) is 18.8 Å². The van der Waals surface area contributed by atoms with Gasteiger partial charge in [-0.2, -0.15) is 0 Å². The van der Waals surface area contributed by atoms with Crippen molar-refractivity contribution in [3.05, 3.63) is 109 Å². The van der Waals surface area contributed by atoms with Crippen molar-refractivity contribution in [3.8, 4) is 0 Å². The Kier molecular flexibility index (Phi) is 47.6. The summed E-state index contributed by atoms with van der Waals surface area (Å²) in [6, 6.07) is 0. The molecule has 0 aromatic heterocycles. The first-order valence-electron chi connectivity index (χ1n) is 29.9. The van der Waals surface area contributed by atoms with Gasteiger partial charge in [-0.05, 0) is 116 Å². The maximum absolute atomic E-state index is 13.1. The van der Waals surface area contributed by atoms with E-state index in [-0.39, 0.29) is 25.9 Å². The lowest BCUT2D eigenvalue weighted by Crippen LogP contribution is -2.61. The molecular weight excluding hydrogens is 973 g/mol. The van der Waals surface area contributed by atoms with Gasteiger partial charge in [0.05, 0.1) is 6.61 Å². The lowest BCUT2D eigenvalue weighted by molar-refractivity contribution is -0.301. The molecule has 0 spiro atoms. The summed E-state index contributed by atoms with van der Waals surface area (Å²) in [6.07, 6.45) is 57.6. The lowest BCUT2D eigenvalue weighted by atomic mass is 9.98. The predicted molar refractivity (Wildman–Crippen MR) is 312 cm³/mol. The molecule has 0 aliphatic carbocycles. The van der Waals surface area contributed by atoms with Crippen LogP contribution in [-0.2, 0) is 42.9 Å². The molecular formula is C65H104O12. The Hall–Kier alpha value is -4.62. The van der Waals surface area contributed by atoms with Crippen LogP contribution in [-0.4, -0.2) is 89.2 Å². The average Bonchev–Trinajstić information content (AvgIpc) is 3.42. The molecule has 6 atom stereocenters. The number of aliphatic hydroxyl groups excluding tert-OH is 2. The van der Waals surface area contributed by atoms with E-state index in [9.17, 15) is 34.5 Å². The molecule has 12 heteroatoms. The van der Waals surface area contributed by atoms with Gasteiger partial charge < -0.3 is 39.0 Å². The highest BCUT2D eigenvalue weighted by Gasteiger charge is 2.50. The summed E-state index contributed by atoms with van der Waals surface area (Å²) in [5, 5.41) is 31.5. The number of carbonyl (C=O) groups is 4. The zero-order valence-electron chi connectivity index (χ0n) is 47.9. The largest absolute Gasteiger partial charge is 0.479 e. The molecule has 1 heterocycles. The van der Waals surface area contributed by atoms with Gasteiger partial charge in [-0.1, -0.05) is 201 Å². The smallest absolute Gasteiger partial charge is 0.335 e. The van der Waals surface area contributed by atoms with Crippen molar-refractivity contribution in [1.82, 2.24) is 0 Å². The number of rotatable bonds is 49. The van der Waals surface area contributed by atoms with Crippen LogP contribution in [0, 0.1) is 0 Å². The number of carbonyl (C=O) groups excluding carboxylic acids is 3. The second-order valence-corrected chi connectivity index (χ2v) is 19.9. The third-order valence-corrected chi connectivity index (χ3v) is 12.8. The van der Waals surface area contributed by atoms with E-state index in [1.165, 1.54) is 0 Å². The molecule has 436 valence electrons. The van der Waals surface area contributed by atoms with Crippen LogP contribution in [0.15, 0.2) is 109 Å². The second kappa shape index (κ2) is 52.1. The van der Waals surface area contributed by atoms with E-state index in [0.717, 1.165) is 167 Å². The minimum atomic E-state index is -1.92. The van der Waals surface area contributed by atoms with Crippen LogP contribution in [0.1, 0.15) is 226 Å². The highest BCUT2D eigenvalue weighted by molar-refractivity contribution is 5.74. The number of allylic oxidation sites excluding steroid dienone is 18. The average molecular weight is 1080 g/mol. The molecule has 77 heavy (non-hydrogen) atoms. The molecule has 6 unspecified atom stereocenters. The number of carboxylic acids is 1. The van der Waals surface area contributed by atoms with Crippen LogP contribution in [0.25, 0.3) is 0 Å². The monoisotopic (exact) mass is 1080 g/mol. The number of hydrogen-bond acceptors (Lipinski definition) is 11. The molecule has 0 aromatic rings. The number of ether oxygens (including phenoxy) is 5. The Morgan fingerprint density at radius 2 is 0.818 bits per heavy atom. The third-order valence-electron chi connectivity index (χ3n) is 12.8. The summed E-state index contributed by atoms with van der Waals surface area (Å²) in [7, 11) is 0. The fourth-order valence-electron chi connectivity index (χ4n) is 8.29. The summed E-state index contributed by atoms with van der Waals surface area (Å²) >= 11 is 0. The molecule has 12 nitrogen and oxygen atoms in total. The zero-order chi connectivity index (χ0) is 56.1. The van der Waals surface area contributed by atoms with Gasteiger partial charge in [0.2, 0.25) is 0 Å². The number of carboxylic acid groups (broad SMARTS) is 1. The molecule has 0 aromatic carbocycles. The summed E-state index contributed by atoms with van der Waals surface area (Å²) in [5.41, 5.74) is 0. The Morgan fingerprint density at radius 1 is 0.442 bits per heavy atom. The van der Waals surface area contributed by atoms with Crippen LogP contribution < -0.4 is 0 Å². The van der Waals surface area contributed by atoms with E-state index in [2.05, 4.69) is 130 Å². The zero-order valence-corrected chi connectivity index (χ0v) is 47.9. The van der Waals surface area contributed by atoms with E-state index in [1.54, 1.807) is 0 Å². The highest BCUT2D eigenvalue weighted by Crippen LogP contribution is 2.26. The van der Waals surface area contributed by atoms with Gasteiger partial charge in [0.15, 0.2) is 24.6 Å². The molecule has 1 aliphatic heterocycles. The number of unbranched alkanes of at least 4 members (excludes halogenated alkanes) is 17. The summed E-state index contributed by atoms with van der Waals surface area (Å²) < 4.78 is 28.4. The number of aliphatic carboxylic acids is 1. The minimum absolute atomic E-state index is 0.0397. The van der Waals surface area contributed by atoms with Gasteiger partial charge in [-0.3, -0.25) is 14.4 Å². The van der Waals surface area contributed by atoms with Crippen LogP contribution in [0.5, 0.6) is 0 Å². The summed E-state index contributed by atoms with van der Waals surface area (Å²) in [6.45, 7) is 5.66. The van der Waals surface area contributed by atoms with Gasteiger partial charge in [-0.15, -0.1) is 0 Å². The van der Waals surface area contributed by atoms with Gasteiger partial charge in [0, 0.05) is 19.3 Å². The van der Waals surface area contributed by atoms with Crippen molar-refractivity contribution in [2.75, 3.05) is 13.2 Å². The van der Waals surface area contributed by atoms with Crippen molar-refractivity contribution in [2.45, 2.75) is 263 Å². The lowest BCUT2D eigenvalue weighted by Gasteiger charge is -2.40. The quantitative estimate of drug-likeness (QED) is 0.0228. The molecule has 1 saturated heterocycles. The molecule has 1 aliphatic rings. The van der Waals surface area contributed by atoms with E-state index in [1.807, 2.05) is 0 Å². The summed E-state index contributed by atoms with van der Waals surface area (Å²) in [5.74, 6) is -3.19. The second-order valence-electron chi connectivity index (χ2n) is 19.9. The van der Waals surface area contributed by atoms with Gasteiger partial charge >= 0.3 is 23.9 Å². The van der Waals surface area contributed by atoms with Crippen LogP contribution in [0.2, 0.25) is 0 Å². The minimum Gasteiger partial charge on any atom is -0.479 e. The predicted octanol–water partition coefficient (Wildman–Crippen LogP) is 15.4. The first-order chi connectivity index (χ1) is 37.6. The highest BCUT2D eigenvalue weighted by atomic mass is 16.7. The molecule has 0 bridgehead atoms. The number of hydrogen-bond donors (Lipinski definition) is 3. The van der Waals surface area contributed by atoms with Crippen LogP contribution in [0.4, 0.5) is 0 Å². The van der Waals surface area contributed by atoms with Crippen molar-refractivity contribution >= 4 is 23.9 Å². The first-order valence-corrected chi connectivity index (χ1v) is 29.9. The van der Waals surface area contributed by atoms with E-state index in [4.69, 9.17) is 23.7 Å². The van der Waals surface area contributed by atoms with Crippen molar-refractivity contribution in [3.63, 3.8) is 0 Å². The van der Waals surface area contributed by atoms with Crippen LogP contribution in [0.3, 0.4) is 0 Å². The molecule has 0 radical (unpaired) electrons. The van der Waals surface area contributed by atoms with Crippen molar-refractivity contribution in [1.29, 1.82) is 0 Å². The molecule has 1 fully saturated rings. The molecule has 0 amide bonds. The molecule has 1 rings (SSSR count). The fourth-order valence-corrected chi connectivity index (χ4v) is 8.29. The van der Waals surface area contributed by atoms with Gasteiger partial charge in [-0.25, -0.2) is 4.79 Å². The normalized spacial score (nSPS) is 18.8. The first kappa shape index (κ1) is 70.4. The van der Waals surface area contributed by atoms with Gasteiger partial charge in [0.25, 0.3) is 0 Å². The molecule has 0 saturated carbocycles. The maximum atomic E-state index is 13.1. The van der Waals surface area contributed by atoms with E-state index in [0.29, 0.717) is 19.3 Å². The maximum Gasteiger partial charge on any atom is 0.335 e. The van der Waals surface area contributed by atoms with Crippen LogP contribution >= 0.6 is 0 Å². The van der Waals surface area contributed by atoms with Crippen molar-refractivity contribution in [2.24, 2.45) is 0 Å². The fraction of sp³-hybridized carbons (Fsp3) is 0.662. The number of esters is 3. The Labute approximate surface area is 465 Å². The van der Waals surface area contributed by atoms with E-state index >= 15 is 0 Å². The number of aliphatic hydroxyl groups is 2. The van der Waals surface area contributed by atoms with E-state index < -0.39 is 67.3 Å². The SMILES string of the molecule is CC/C=C\C/C=C\C/C=C\C/C=C\CCCCCCC(=O)OCC(COC1OC(C(=O)O)C(O)C(O)C1OC(=O)CCCCCCCCC/C=C\C/C=C\C/C=C\CC)OC(=O)CCCCCCC/C=C\C/C=C\CCC. The third kappa shape index (κ3) is 42.1. The Bertz CT molecular complexity index is 1750.